The fraction of sp³-hybridized carbons (Fsp3) is 0.385. The van der Waals surface area contributed by atoms with Gasteiger partial charge in [-0.1, -0.05) is 0 Å². The lowest BCUT2D eigenvalue weighted by molar-refractivity contribution is -0.131. The molecule has 1 aliphatic rings. The highest BCUT2D eigenvalue weighted by molar-refractivity contribution is 9.10. The lowest BCUT2D eigenvalue weighted by Gasteiger charge is -2.27. The van der Waals surface area contributed by atoms with Gasteiger partial charge < -0.3 is 13.9 Å². The van der Waals surface area contributed by atoms with E-state index in [9.17, 15) is 4.79 Å². The van der Waals surface area contributed by atoms with Crippen molar-refractivity contribution in [3.63, 3.8) is 0 Å². The molecule has 0 N–H and O–H groups in total. The van der Waals surface area contributed by atoms with E-state index in [2.05, 4.69) is 20.9 Å². The molecule has 19 heavy (non-hydrogen) atoms. The second-order valence-corrected chi connectivity index (χ2v) is 5.36. The van der Waals surface area contributed by atoms with Crippen LogP contribution in [0.25, 0.3) is 0 Å². The quantitative estimate of drug-likeness (QED) is 0.848. The summed E-state index contributed by atoms with van der Waals surface area (Å²) in [6.07, 6.45) is 2.72. The fourth-order valence-electron chi connectivity index (χ4n) is 2.34. The predicted molar refractivity (Wildman–Crippen MR) is 72.4 cm³/mol. The van der Waals surface area contributed by atoms with E-state index in [1.807, 2.05) is 22.6 Å². The number of amides is 1. The van der Waals surface area contributed by atoms with Crippen molar-refractivity contribution < 1.29 is 9.21 Å². The number of aromatic nitrogens is 2. The summed E-state index contributed by atoms with van der Waals surface area (Å²) < 4.78 is 8.02. The van der Waals surface area contributed by atoms with Crippen LogP contribution in [-0.4, -0.2) is 26.9 Å². The van der Waals surface area contributed by atoms with Crippen molar-refractivity contribution in [3.8, 4) is 0 Å². The van der Waals surface area contributed by atoms with Crippen molar-refractivity contribution in [3.05, 3.63) is 40.3 Å². The number of rotatable bonds is 2. The van der Waals surface area contributed by atoms with E-state index in [0.717, 1.165) is 29.1 Å². The third-order valence-corrected chi connectivity index (χ3v) is 4.17. The van der Waals surface area contributed by atoms with Crippen LogP contribution in [0.15, 0.2) is 27.5 Å². The molecule has 6 heteroatoms. The number of furan rings is 1. The summed E-state index contributed by atoms with van der Waals surface area (Å²) in [4.78, 5) is 18.5. The van der Waals surface area contributed by atoms with Gasteiger partial charge in [0.25, 0.3) is 0 Å². The van der Waals surface area contributed by atoms with Crippen molar-refractivity contribution in [2.45, 2.75) is 19.4 Å². The third-order valence-electron chi connectivity index (χ3n) is 3.46. The van der Waals surface area contributed by atoms with Crippen LogP contribution in [0.1, 0.15) is 17.1 Å². The lowest BCUT2D eigenvalue weighted by Crippen LogP contribution is -2.37. The minimum atomic E-state index is 0.0953. The Labute approximate surface area is 119 Å². The molecule has 3 rings (SSSR count). The minimum Gasteiger partial charge on any atom is -0.469 e. The summed E-state index contributed by atoms with van der Waals surface area (Å²) in [7, 11) is 1.95. The summed E-state index contributed by atoms with van der Waals surface area (Å²) in [6.45, 7) is 1.33. The first-order chi connectivity index (χ1) is 9.15. The molecule has 0 unspecified atom stereocenters. The van der Waals surface area contributed by atoms with Gasteiger partial charge in [0.05, 0.1) is 30.6 Å². The van der Waals surface area contributed by atoms with Gasteiger partial charge in [-0.05, 0) is 28.1 Å². The Hall–Kier alpha value is -1.56. The molecule has 0 bridgehead atoms. The molecule has 3 heterocycles. The maximum absolute atomic E-state index is 12.2. The fourth-order valence-corrected chi connectivity index (χ4v) is 2.77. The highest BCUT2D eigenvalue weighted by Gasteiger charge is 2.25. The molecule has 1 amide bonds. The van der Waals surface area contributed by atoms with Gasteiger partial charge in [-0.15, -0.1) is 0 Å². The highest BCUT2D eigenvalue weighted by atomic mass is 79.9. The molecular weight excluding hydrogens is 310 g/mol. The molecule has 1 aliphatic heterocycles. The largest absolute Gasteiger partial charge is 0.469 e. The molecule has 2 aromatic heterocycles. The van der Waals surface area contributed by atoms with Crippen molar-refractivity contribution >= 4 is 21.8 Å². The normalized spacial score (nSPS) is 14.5. The monoisotopic (exact) mass is 323 g/mol. The summed E-state index contributed by atoms with van der Waals surface area (Å²) in [6, 6.07) is 3.63. The highest BCUT2D eigenvalue weighted by Crippen LogP contribution is 2.22. The Bertz CT molecular complexity index is 604. The van der Waals surface area contributed by atoms with Gasteiger partial charge in [-0.25, -0.2) is 4.98 Å². The average Bonchev–Trinajstić information content (AvgIpc) is 2.99. The molecule has 100 valence electrons. The number of hydrogen-bond donors (Lipinski definition) is 0. The van der Waals surface area contributed by atoms with Crippen molar-refractivity contribution in [2.75, 3.05) is 6.54 Å². The maximum Gasteiger partial charge on any atom is 0.230 e. The van der Waals surface area contributed by atoms with E-state index in [1.165, 1.54) is 0 Å². The number of nitrogens with zero attached hydrogens (tertiary/aromatic N) is 3. The van der Waals surface area contributed by atoms with Crippen LogP contribution in [0.2, 0.25) is 0 Å². The molecule has 2 aromatic rings. The zero-order chi connectivity index (χ0) is 13.4. The summed E-state index contributed by atoms with van der Waals surface area (Å²) in [5.74, 6) is 0.805. The van der Waals surface area contributed by atoms with Crippen LogP contribution in [-0.2, 0) is 31.2 Å². The van der Waals surface area contributed by atoms with Crippen LogP contribution in [0, 0.1) is 0 Å². The van der Waals surface area contributed by atoms with Crippen LogP contribution in [0.3, 0.4) is 0 Å². The van der Waals surface area contributed by atoms with E-state index in [-0.39, 0.29) is 5.91 Å². The molecule has 0 saturated heterocycles. The van der Waals surface area contributed by atoms with Gasteiger partial charge >= 0.3 is 0 Å². The smallest absolute Gasteiger partial charge is 0.230 e. The van der Waals surface area contributed by atoms with Crippen LogP contribution in [0.4, 0.5) is 0 Å². The molecule has 0 aliphatic carbocycles. The van der Waals surface area contributed by atoms with Crippen molar-refractivity contribution in [1.29, 1.82) is 0 Å². The first kappa shape index (κ1) is 12.5. The average molecular weight is 324 g/mol. The molecule has 0 spiro atoms. The number of fused-ring (bicyclic) bond motifs is 1. The number of hydrogen-bond acceptors (Lipinski definition) is 3. The summed E-state index contributed by atoms with van der Waals surface area (Å²) >= 11 is 3.42. The molecule has 5 nitrogen and oxygen atoms in total. The standard InChI is InChI=1S/C13H14BrN3O2/c1-16-11-8-17(5-4-10(11)15-13(16)14)12(18)7-9-3-2-6-19-9/h2-3,6H,4-5,7-8H2,1H3. The second kappa shape index (κ2) is 4.85. The molecule has 0 aromatic carbocycles. The van der Waals surface area contributed by atoms with Crippen molar-refractivity contribution in [2.24, 2.45) is 7.05 Å². The van der Waals surface area contributed by atoms with Crippen molar-refractivity contribution in [1.82, 2.24) is 14.5 Å². The van der Waals surface area contributed by atoms with E-state index in [1.54, 1.807) is 12.3 Å². The SMILES string of the molecule is Cn1c(Br)nc2c1CN(C(=O)Cc1ccco1)CC2. The van der Waals surface area contributed by atoms with E-state index in [0.29, 0.717) is 18.7 Å². The first-order valence-electron chi connectivity index (χ1n) is 6.15. The Kier molecular flexibility index (Phi) is 3.18. The second-order valence-electron chi connectivity index (χ2n) is 4.65. The number of halogens is 1. The summed E-state index contributed by atoms with van der Waals surface area (Å²) in [5.41, 5.74) is 2.18. The third kappa shape index (κ3) is 2.32. The minimum absolute atomic E-state index is 0.0953. The molecular formula is C13H14BrN3O2. The number of carbonyl (C=O) groups is 1. The Morgan fingerprint density at radius 1 is 1.58 bits per heavy atom. The first-order valence-corrected chi connectivity index (χ1v) is 6.94. The zero-order valence-electron chi connectivity index (χ0n) is 10.6. The molecule has 0 atom stereocenters. The lowest BCUT2D eigenvalue weighted by atomic mass is 10.1. The van der Waals surface area contributed by atoms with Crippen LogP contribution >= 0.6 is 15.9 Å². The van der Waals surface area contributed by atoms with Gasteiger partial charge in [-0.2, -0.15) is 0 Å². The zero-order valence-corrected chi connectivity index (χ0v) is 12.2. The number of carbonyl (C=O) groups excluding carboxylic acids is 1. The maximum atomic E-state index is 12.2. The van der Waals surface area contributed by atoms with E-state index >= 15 is 0 Å². The molecule has 0 radical (unpaired) electrons. The predicted octanol–water partition coefficient (Wildman–Crippen LogP) is 1.90. The van der Waals surface area contributed by atoms with Gasteiger partial charge in [-0.3, -0.25) is 4.79 Å². The van der Waals surface area contributed by atoms with Crippen LogP contribution < -0.4 is 0 Å². The molecule has 0 fully saturated rings. The van der Waals surface area contributed by atoms with E-state index < -0.39 is 0 Å². The number of imidazole rings is 1. The Morgan fingerprint density at radius 3 is 3.16 bits per heavy atom. The van der Waals surface area contributed by atoms with Gasteiger partial charge in [0.2, 0.25) is 5.91 Å². The van der Waals surface area contributed by atoms with Crippen LogP contribution in [0.5, 0.6) is 0 Å². The van der Waals surface area contributed by atoms with Gasteiger partial charge in [0.15, 0.2) is 4.73 Å². The van der Waals surface area contributed by atoms with Gasteiger partial charge in [0.1, 0.15) is 5.76 Å². The van der Waals surface area contributed by atoms with Gasteiger partial charge in [0, 0.05) is 20.0 Å². The Balaban J connectivity index is 1.74. The Morgan fingerprint density at radius 2 is 2.42 bits per heavy atom. The summed E-state index contributed by atoms with van der Waals surface area (Å²) in [5, 5.41) is 0. The van der Waals surface area contributed by atoms with E-state index in [4.69, 9.17) is 4.42 Å². The topological polar surface area (TPSA) is 51.3 Å². The molecule has 0 saturated carbocycles.